The van der Waals surface area contributed by atoms with Crippen LogP contribution in [0.25, 0.3) is 0 Å². The zero-order chi connectivity index (χ0) is 6.24. The number of rotatable bonds is 3. The second kappa shape index (κ2) is 6.37. The molecule has 1 N–H and O–H groups in total. The quantitative estimate of drug-likeness (QED) is 0.543. The normalized spacial score (nSPS) is 11.8. The fourth-order valence-corrected chi connectivity index (χ4v) is 0.296. The van der Waals surface area contributed by atoms with Crippen molar-refractivity contribution >= 4 is 6.21 Å². The molecular weight excluding hydrogens is 102 g/mol. The van der Waals surface area contributed by atoms with E-state index in [2.05, 4.69) is 4.99 Å². The van der Waals surface area contributed by atoms with Crippen LogP contribution in [-0.4, -0.2) is 17.9 Å². The van der Waals surface area contributed by atoms with Crippen molar-refractivity contribution in [2.75, 3.05) is 6.61 Å². The molecule has 2 nitrogen and oxygen atoms in total. The maximum Gasteiger partial charge on any atom is 0.0466 e. The molecule has 0 heterocycles. The van der Waals surface area contributed by atoms with E-state index >= 15 is 0 Å². The summed E-state index contributed by atoms with van der Waals surface area (Å²) in [4.78, 5) is 3.79. The molecule has 0 saturated carbocycles. The van der Waals surface area contributed by atoms with Gasteiger partial charge in [-0.05, 0) is 13.3 Å². The number of hydrogen-bond acceptors (Lipinski definition) is 2. The third kappa shape index (κ3) is 5.37. The molecule has 0 rings (SSSR count). The standard InChI is InChI=1S/C6H11NO/c1-2-7-5-3-4-6-8/h2-3,5,8H,4,6H2,1H3/b5-3-,7-2?. The van der Waals surface area contributed by atoms with E-state index in [1.165, 1.54) is 0 Å². The van der Waals surface area contributed by atoms with Crippen molar-refractivity contribution in [1.29, 1.82) is 0 Å². The first-order valence-corrected chi connectivity index (χ1v) is 2.65. The van der Waals surface area contributed by atoms with Crippen molar-refractivity contribution in [3.05, 3.63) is 12.3 Å². The summed E-state index contributed by atoms with van der Waals surface area (Å²) in [5, 5.41) is 8.26. The molecule has 0 amide bonds. The van der Waals surface area contributed by atoms with Gasteiger partial charge in [0.25, 0.3) is 0 Å². The van der Waals surface area contributed by atoms with E-state index < -0.39 is 0 Å². The van der Waals surface area contributed by atoms with Gasteiger partial charge in [0, 0.05) is 19.0 Å². The Kier molecular flexibility index (Phi) is 5.87. The molecule has 0 aliphatic heterocycles. The van der Waals surface area contributed by atoms with Gasteiger partial charge < -0.3 is 5.11 Å². The van der Waals surface area contributed by atoms with E-state index in [4.69, 9.17) is 5.11 Å². The Labute approximate surface area is 49.6 Å². The van der Waals surface area contributed by atoms with Gasteiger partial charge >= 0.3 is 0 Å². The van der Waals surface area contributed by atoms with E-state index in [0.717, 1.165) is 0 Å². The van der Waals surface area contributed by atoms with Crippen LogP contribution in [0.1, 0.15) is 13.3 Å². The molecule has 0 aromatic carbocycles. The Morgan fingerprint density at radius 1 is 1.62 bits per heavy atom. The van der Waals surface area contributed by atoms with Gasteiger partial charge in [-0.15, -0.1) is 0 Å². The van der Waals surface area contributed by atoms with E-state index in [-0.39, 0.29) is 6.61 Å². The molecule has 0 aliphatic rings. The molecule has 0 bridgehead atoms. The second-order valence-corrected chi connectivity index (χ2v) is 1.30. The van der Waals surface area contributed by atoms with Crippen LogP contribution in [0.15, 0.2) is 17.3 Å². The molecule has 0 unspecified atom stereocenters. The summed E-state index contributed by atoms with van der Waals surface area (Å²) in [6.45, 7) is 2.05. The summed E-state index contributed by atoms with van der Waals surface area (Å²) in [5.41, 5.74) is 0. The van der Waals surface area contributed by atoms with Crippen molar-refractivity contribution in [2.24, 2.45) is 4.99 Å². The van der Waals surface area contributed by atoms with Crippen molar-refractivity contribution in [1.82, 2.24) is 0 Å². The van der Waals surface area contributed by atoms with Crippen LogP contribution in [0, 0.1) is 0 Å². The molecule has 0 saturated heterocycles. The van der Waals surface area contributed by atoms with E-state index in [0.29, 0.717) is 6.42 Å². The number of aliphatic imine (C=N–C) groups is 1. The minimum atomic E-state index is 0.204. The Hall–Kier alpha value is -0.630. The summed E-state index contributed by atoms with van der Waals surface area (Å²) >= 11 is 0. The SMILES string of the molecule is CC=N/C=C\CCO. The van der Waals surface area contributed by atoms with Crippen molar-refractivity contribution in [3.8, 4) is 0 Å². The number of hydrogen-bond donors (Lipinski definition) is 1. The highest BCUT2D eigenvalue weighted by molar-refractivity contribution is 5.54. The first-order valence-electron chi connectivity index (χ1n) is 2.65. The van der Waals surface area contributed by atoms with Gasteiger partial charge in [0.1, 0.15) is 0 Å². The summed E-state index contributed by atoms with van der Waals surface area (Å²) in [7, 11) is 0. The van der Waals surface area contributed by atoms with Crippen LogP contribution in [0.5, 0.6) is 0 Å². The Balaban J connectivity index is 3.07. The lowest BCUT2D eigenvalue weighted by Gasteiger charge is -1.78. The van der Waals surface area contributed by atoms with E-state index in [1.54, 1.807) is 12.4 Å². The van der Waals surface area contributed by atoms with Crippen molar-refractivity contribution in [2.45, 2.75) is 13.3 Å². The molecule has 0 radical (unpaired) electrons. The minimum absolute atomic E-state index is 0.204. The molecule has 0 fully saturated rings. The molecule has 0 atom stereocenters. The average Bonchev–Trinajstić information content (AvgIpc) is 1.81. The largest absolute Gasteiger partial charge is 0.396 e. The van der Waals surface area contributed by atoms with Crippen molar-refractivity contribution < 1.29 is 5.11 Å². The molecule has 0 spiro atoms. The average molecular weight is 113 g/mol. The molecule has 0 aliphatic carbocycles. The third-order valence-corrected chi connectivity index (χ3v) is 0.636. The van der Waals surface area contributed by atoms with Gasteiger partial charge in [-0.3, -0.25) is 4.99 Å². The van der Waals surface area contributed by atoms with Crippen LogP contribution in [0.3, 0.4) is 0 Å². The molecular formula is C6H11NO. The summed E-state index contributed by atoms with van der Waals surface area (Å²) < 4.78 is 0. The molecule has 2 heteroatoms. The number of nitrogens with zero attached hydrogens (tertiary/aromatic N) is 1. The second-order valence-electron chi connectivity index (χ2n) is 1.30. The number of aliphatic hydroxyl groups excluding tert-OH is 1. The fraction of sp³-hybridized carbons (Fsp3) is 0.500. The minimum Gasteiger partial charge on any atom is -0.396 e. The highest BCUT2D eigenvalue weighted by atomic mass is 16.2. The highest BCUT2D eigenvalue weighted by Gasteiger charge is 1.68. The molecule has 0 aromatic rings. The first-order chi connectivity index (χ1) is 3.91. The van der Waals surface area contributed by atoms with E-state index in [1.807, 2.05) is 13.0 Å². The summed E-state index contributed by atoms with van der Waals surface area (Å²) in [6.07, 6.45) is 5.89. The van der Waals surface area contributed by atoms with Crippen LogP contribution in [0.4, 0.5) is 0 Å². The smallest absolute Gasteiger partial charge is 0.0466 e. The van der Waals surface area contributed by atoms with Gasteiger partial charge in [-0.2, -0.15) is 0 Å². The van der Waals surface area contributed by atoms with Crippen LogP contribution < -0.4 is 0 Å². The monoisotopic (exact) mass is 113 g/mol. The van der Waals surface area contributed by atoms with Crippen LogP contribution in [0.2, 0.25) is 0 Å². The van der Waals surface area contributed by atoms with Gasteiger partial charge in [0.15, 0.2) is 0 Å². The van der Waals surface area contributed by atoms with Crippen molar-refractivity contribution in [3.63, 3.8) is 0 Å². The van der Waals surface area contributed by atoms with Gasteiger partial charge in [-0.1, -0.05) is 6.08 Å². The number of aliphatic hydroxyl groups is 1. The zero-order valence-corrected chi connectivity index (χ0v) is 5.04. The third-order valence-electron chi connectivity index (χ3n) is 0.636. The predicted molar refractivity (Wildman–Crippen MR) is 35.0 cm³/mol. The van der Waals surface area contributed by atoms with Gasteiger partial charge in [0.05, 0.1) is 0 Å². The maximum atomic E-state index is 8.26. The predicted octanol–water partition coefficient (Wildman–Crippen LogP) is 0.973. The van der Waals surface area contributed by atoms with Gasteiger partial charge in [-0.25, -0.2) is 0 Å². The van der Waals surface area contributed by atoms with E-state index in [9.17, 15) is 0 Å². The zero-order valence-electron chi connectivity index (χ0n) is 5.04. The molecule has 46 valence electrons. The lowest BCUT2D eigenvalue weighted by atomic mass is 10.4. The van der Waals surface area contributed by atoms with Crippen LogP contribution >= 0.6 is 0 Å². The topological polar surface area (TPSA) is 32.6 Å². The summed E-state index contributed by atoms with van der Waals surface area (Å²) in [5.74, 6) is 0. The van der Waals surface area contributed by atoms with Crippen LogP contribution in [-0.2, 0) is 0 Å². The highest BCUT2D eigenvalue weighted by Crippen LogP contribution is 1.79. The maximum absolute atomic E-state index is 8.26. The Bertz CT molecular complexity index is 86.5. The summed E-state index contributed by atoms with van der Waals surface area (Å²) in [6, 6.07) is 0. The fourth-order valence-electron chi connectivity index (χ4n) is 0.296. The molecule has 8 heavy (non-hydrogen) atoms. The Morgan fingerprint density at radius 3 is 2.88 bits per heavy atom. The Morgan fingerprint density at radius 2 is 2.38 bits per heavy atom. The lowest BCUT2D eigenvalue weighted by Crippen LogP contribution is -1.73. The van der Waals surface area contributed by atoms with Gasteiger partial charge in [0.2, 0.25) is 0 Å². The molecule has 0 aromatic heterocycles. The lowest BCUT2D eigenvalue weighted by molar-refractivity contribution is 0.302. The first kappa shape index (κ1) is 7.37.